The van der Waals surface area contributed by atoms with Gasteiger partial charge in [0.05, 0.1) is 16.6 Å². The van der Waals surface area contributed by atoms with E-state index in [0.717, 1.165) is 6.42 Å². The van der Waals surface area contributed by atoms with Crippen molar-refractivity contribution in [2.45, 2.75) is 19.4 Å². The fraction of sp³-hybridized carbons (Fsp3) is 0.273. The van der Waals surface area contributed by atoms with Crippen LogP contribution in [0.15, 0.2) is 22.7 Å². The highest BCUT2D eigenvalue weighted by atomic mass is 35.5. The predicted molar refractivity (Wildman–Crippen MR) is 67.0 cm³/mol. The average molecular weight is 272 g/mol. The lowest BCUT2D eigenvalue weighted by molar-refractivity contribution is 0.415. The van der Waals surface area contributed by atoms with Gasteiger partial charge in [0.15, 0.2) is 5.82 Å². The Morgan fingerprint density at radius 3 is 2.88 bits per heavy atom. The molecule has 0 aliphatic heterocycles. The molecule has 2 N–H and O–H groups in total. The van der Waals surface area contributed by atoms with E-state index in [1.165, 1.54) is 0 Å². The van der Waals surface area contributed by atoms with Gasteiger partial charge in [-0.25, -0.2) is 0 Å². The standard InChI is InChI=1S/C11H11Cl2N3O/c1-2-9(14)10-15-11(17-16-10)7-5-6(12)3-4-8(7)13/h3-5,9H,2,14H2,1H3. The van der Waals surface area contributed by atoms with E-state index in [9.17, 15) is 0 Å². The van der Waals surface area contributed by atoms with Crippen molar-refractivity contribution >= 4 is 23.2 Å². The van der Waals surface area contributed by atoms with Crippen LogP contribution in [0, 0.1) is 0 Å². The molecular formula is C11H11Cl2N3O. The van der Waals surface area contributed by atoms with E-state index in [2.05, 4.69) is 10.1 Å². The van der Waals surface area contributed by atoms with Gasteiger partial charge in [0.25, 0.3) is 5.89 Å². The first-order valence-electron chi connectivity index (χ1n) is 5.16. The molecule has 1 heterocycles. The summed E-state index contributed by atoms with van der Waals surface area (Å²) < 4.78 is 5.13. The van der Waals surface area contributed by atoms with Gasteiger partial charge in [-0.3, -0.25) is 0 Å². The lowest BCUT2D eigenvalue weighted by Crippen LogP contribution is -2.10. The minimum Gasteiger partial charge on any atom is -0.334 e. The van der Waals surface area contributed by atoms with E-state index < -0.39 is 0 Å². The molecule has 1 atom stereocenters. The summed E-state index contributed by atoms with van der Waals surface area (Å²) in [7, 11) is 0. The van der Waals surface area contributed by atoms with Crippen LogP contribution < -0.4 is 5.73 Å². The van der Waals surface area contributed by atoms with Crippen molar-refractivity contribution in [3.63, 3.8) is 0 Å². The molecule has 90 valence electrons. The highest BCUT2D eigenvalue weighted by molar-refractivity contribution is 6.35. The molecule has 0 radical (unpaired) electrons. The van der Waals surface area contributed by atoms with E-state index in [1.54, 1.807) is 18.2 Å². The summed E-state index contributed by atoms with van der Waals surface area (Å²) in [6.07, 6.45) is 0.738. The second-order valence-corrected chi connectivity index (χ2v) is 4.44. The molecule has 1 aromatic carbocycles. The van der Waals surface area contributed by atoms with Crippen LogP contribution in [0.5, 0.6) is 0 Å². The fourth-order valence-electron chi connectivity index (χ4n) is 1.34. The molecule has 1 aromatic heterocycles. The largest absolute Gasteiger partial charge is 0.334 e. The second-order valence-electron chi connectivity index (χ2n) is 3.60. The van der Waals surface area contributed by atoms with Gasteiger partial charge < -0.3 is 10.3 Å². The number of nitrogens with two attached hydrogens (primary N) is 1. The topological polar surface area (TPSA) is 64.9 Å². The molecule has 0 saturated carbocycles. The van der Waals surface area contributed by atoms with E-state index in [4.69, 9.17) is 33.5 Å². The first-order chi connectivity index (χ1) is 8.11. The maximum absolute atomic E-state index is 6.04. The molecule has 6 heteroatoms. The van der Waals surface area contributed by atoms with Crippen molar-refractivity contribution in [2.24, 2.45) is 5.73 Å². The second kappa shape index (κ2) is 5.04. The Bertz CT molecular complexity index is 527. The van der Waals surface area contributed by atoms with Crippen molar-refractivity contribution < 1.29 is 4.52 Å². The SMILES string of the molecule is CCC(N)c1noc(-c2cc(Cl)ccc2Cl)n1. The van der Waals surface area contributed by atoms with Gasteiger partial charge in [-0.05, 0) is 24.6 Å². The third-order valence-corrected chi connectivity index (χ3v) is 2.94. The predicted octanol–water partition coefficient (Wildman–Crippen LogP) is 3.45. The van der Waals surface area contributed by atoms with Gasteiger partial charge in [-0.15, -0.1) is 0 Å². The lowest BCUT2D eigenvalue weighted by atomic mass is 10.2. The Hall–Kier alpha value is -1.10. The molecule has 0 amide bonds. The van der Waals surface area contributed by atoms with Crippen molar-refractivity contribution in [3.05, 3.63) is 34.1 Å². The fourth-order valence-corrected chi connectivity index (χ4v) is 1.71. The molecule has 0 saturated heterocycles. The highest BCUT2D eigenvalue weighted by Crippen LogP contribution is 2.29. The monoisotopic (exact) mass is 271 g/mol. The van der Waals surface area contributed by atoms with Crippen LogP contribution in [0.4, 0.5) is 0 Å². The normalized spacial score (nSPS) is 12.7. The van der Waals surface area contributed by atoms with Gasteiger partial charge in [0, 0.05) is 5.02 Å². The van der Waals surface area contributed by atoms with Crippen LogP contribution in [0.1, 0.15) is 25.2 Å². The van der Waals surface area contributed by atoms with Crippen LogP contribution in [0.2, 0.25) is 10.0 Å². The van der Waals surface area contributed by atoms with E-state index in [-0.39, 0.29) is 6.04 Å². The quantitative estimate of drug-likeness (QED) is 0.929. The zero-order valence-corrected chi connectivity index (χ0v) is 10.7. The van der Waals surface area contributed by atoms with Crippen molar-refractivity contribution in [1.29, 1.82) is 0 Å². The first kappa shape index (κ1) is 12.4. The Morgan fingerprint density at radius 2 is 2.18 bits per heavy atom. The zero-order valence-electron chi connectivity index (χ0n) is 9.15. The summed E-state index contributed by atoms with van der Waals surface area (Å²) in [6.45, 7) is 1.95. The summed E-state index contributed by atoms with van der Waals surface area (Å²) in [5.74, 6) is 0.801. The Kier molecular flexibility index (Phi) is 3.66. The van der Waals surface area contributed by atoms with E-state index in [0.29, 0.717) is 27.3 Å². The molecule has 2 rings (SSSR count). The van der Waals surface area contributed by atoms with Crippen LogP contribution in [-0.2, 0) is 0 Å². The third-order valence-electron chi connectivity index (χ3n) is 2.37. The molecule has 0 aliphatic rings. The summed E-state index contributed by atoms with van der Waals surface area (Å²) >= 11 is 11.9. The smallest absolute Gasteiger partial charge is 0.259 e. The summed E-state index contributed by atoms with van der Waals surface area (Å²) in [5, 5.41) is 4.89. The molecule has 17 heavy (non-hydrogen) atoms. The van der Waals surface area contributed by atoms with Crippen molar-refractivity contribution in [2.75, 3.05) is 0 Å². The minimum atomic E-state index is -0.231. The van der Waals surface area contributed by atoms with Gasteiger partial charge in [0.2, 0.25) is 0 Å². The van der Waals surface area contributed by atoms with Crippen LogP contribution in [0.25, 0.3) is 11.5 Å². The zero-order chi connectivity index (χ0) is 12.4. The van der Waals surface area contributed by atoms with Gasteiger partial charge >= 0.3 is 0 Å². The highest BCUT2D eigenvalue weighted by Gasteiger charge is 2.16. The van der Waals surface area contributed by atoms with Crippen LogP contribution in [-0.4, -0.2) is 10.1 Å². The molecule has 0 spiro atoms. The lowest BCUT2D eigenvalue weighted by Gasteiger charge is -2.00. The van der Waals surface area contributed by atoms with E-state index in [1.807, 2.05) is 6.92 Å². The number of benzene rings is 1. The molecule has 4 nitrogen and oxygen atoms in total. The van der Waals surface area contributed by atoms with Crippen LogP contribution >= 0.6 is 23.2 Å². The van der Waals surface area contributed by atoms with Crippen molar-refractivity contribution in [3.8, 4) is 11.5 Å². The molecule has 2 aromatic rings. The minimum absolute atomic E-state index is 0.231. The number of halogens is 2. The van der Waals surface area contributed by atoms with Gasteiger partial charge in [-0.1, -0.05) is 35.3 Å². The van der Waals surface area contributed by atoms with E-state index >= 15 is 0 Å². The molecule has 0 aliphatic carbocycles. The number of rotatable bonds is 3. The Morgan fingerprint density at radius 1 is 1.41 bits per heavy atom. The van der Waals surface area contributed by atoms with Gasteiger partial charge in [-0.2, -0.15) is 4.98 Å². The van der Waals surface area contributed by atoms with Crippen molar-refractivity contribution in [1.82, 2.24) is 10.1 Å². The maximum Gasteiger partial charge on any atom is 0.259 e. The first-order valence-corrected chi connectivity index (χ1v) is 5.92. The third kappa shape index (κ3) is 2.60. The molecular weight excluding hydrogens is 261 g/mol. The number of hydrogen-bond acceptors (Lipinski definition) is 4. The molecule has 0 fully saturated rings. The Balaban J connectivity index is 2.40. The number of nitrogens with zero attached hydrogens (tertiary/aromatic N) is 2. The Labute approximate surface area is 109 Å². The molecule has 1 unspecified atom stereocenters. The molecule has 0 bridgehead atoms. The summed E-state index contributed by atoms with van der Waals surface area (Å²) in [5.41, 5.74) is 6.42. The van der Waals surface area contributed by atoms with Gasteiger partial charge in [0.1, 0.15) is 0 Å². The number of aromatic nitrogens is 2. The number of hydrogen-bond donors (Lipinski definition) is 1. The van der Waals surface area contributed by atoms with Crippen LogP contribution in [0.3, 0.4) is 0 Å². The summed E-state index contributed by atoms with van der Waals surface area (Å²) in [6, 6.07) is 4.83. The summed E-state index contributed by atoms with van der Waals surface area (Å²) in [4.78, 5) is 4.21. The average Bonchev–Trinajstić information content (AvgIpc) is 2.80. The maximum atomic E-state index is 6.04.